The molecule has 80 valence electrons. The number of carbonyl (C=O) groups is 1. The van der Waals surface area contributed by atoms with Gasteiger partial charge in [-0.25, -0.2) is 4.79 Å². The number of ether oxygens (including phenoxy) is 2. The van der Waals surface area contributed by atoms with E-state index in [1.807, 2.05) is 19.1 Å². The summed E-state index contributed by atoms with van der Waals surface area (Å²) in [6.45, 7) is 4.99. The van der Waals surface area contributed by atoms with Crippen LogP contribution in [-0.4, -0.2) is 19.2 Å². The van der Waals surface area contributed by atoms with Gasteiger partial charge in [0.15, 0.2) is 0 Å². The number of epoxide rings is 1. The summed E-state index contributed by atoms with van der Waals surface area (Å²) >= 11 is 0. The maximum absolute atomic E-state index is 11.4. The molecule has 1 fully saturated rings. The van der Waals surface area contributed by atoms with Crippen LogP contribution in [0.4, 0.5) is 0 Å². The zero-order valence-electron chi connectivity index (χ0n) is 8.95. The van der Waals surface area contributed by atoms with E-state index in [1.165, 1.54) is 0 Å². The number of hydrogen-bond donors (Lipinski definition) is 0. The molecule has 0 aromatic heterocycles. The van der Waals surface area contributed by atoms with Gasteiger partial charge in [-0.1, -0.05) is 12.1 Å². The van der Waals surface area contributed by atoms with E-state index in [9.17, 15) is 4.79 Å². The average molecular weight is 206 g/mol. The van der Waals surface area contributed by atoms with Crippen molar-refractivity contribution in [3.8, 4) is 0 Å². The Bertz CT molecular complexity index is 363. The summed E-state index contributed by atoms with van der Waals surface area (Å²) in [7, 11) is 0. The minimum Gasteiger partial charge on any atom is -0.462 e. The van der Waals surface area contributed by atoms with Crippen LogP contribution in [0.25, 0.3) is 0 Å². The van der Waals surface area contributed by atoms with Crippen LogP contribution in [-0.2, 0) is 15.1 Å². The Balaban J connectivity index is 2.13. The predicted molar refractivity (Wildman–Crippen MR) is 55.7 cm³/mol. The molecule has 1 aliphatic rings. The molecule has 0 amide bonds. The van der Waals surface area contributed by atoms with Crippen LogP contribution < -0.4 is 0 Å². The topological polar surface area (TPSA) is 38.8 Å². The van der Waals surface area contributed by atoms with Crippen molar-refractivity contribution in [3.63, 3.8) is 0 Å². The van der Waals surface area contributed by atoms with Crippen LogP contribution in [0, 0.1) is 0 Å². The first-order chi connectivity index (χ1) is 7.15. The van der Waals surface area contributed by atoms with E-state index >= 15 is 0 Å². The third-order valence-electron chi connectivity index (χ3n) is 2.58. The molecule has 0 radical (unpaired) electrons. The molecule has 0 N–H and O–H groups in total. The van der Waals surface area contributed by atoms with Crippen LogP contribution in [0.15, 0.2) is 24.3 Å². The van der Waals surface area contributed by atoms with Gasteiger partial charge in [-0.3, -0.25) is 0 Å². The van der Waals surface area contributed by atoms with Crippen molar-refractivity contribution < 1.29 is 14.3 Å². The summed E-state index contributed by atoms with van der Waals surface area (Å²) < 4.78 is 10.2. The summed E-state index contributed by atoms with van der Waals surface area (Å²) in [5.41, 5.74) is 1.56. The third kappa shape index (κ3) is 2.02. The highest BCUT2D eigenvalue weighted by atomic mass is 16.6. The van der Waals surface area contributed by atoms with Crippen molar-refractivity contribution >= 4 is 5.97 Å². The van der Waals surface area contributed by atoms with E-state index in [1.54, 1.807) is 19.1 Å². The summed E-state index contributed by atoms with van der Waals surface area (Å²) in [5.74, 6) is -0.272. The SMILES string of the molecule is CCOC(=O)c1ccc([C@]2(C)CO2)cc1. The third-order valence-corrected chi connectivity index (χ3v) is 2.58. The molecule has 0 bridgehead atoms. The van der Waals surface area contributed by atoms with Gasteiger partial charge in [0, 0.05) is 0 Å². The molecule has 1 heterocycles. The summed E-state index contributed by atoms with van der Waals surface area (Å²) in [4.78, 5) is 11.4. The number of rotatable bonds is 3. The Hall–Kier alpha value is -1.35. The second kappa shape index (κ2) is 3.66. The molecule has 1 aromatic carbocycles. The normalized spacial score (nSPS) is 23.6. The van der Waals surface area contributed by atoms with E-state index in [4.69, 9.17) is 9.47 Å². The second-order valence-corrected chi connectivity index (χ2v) is 3.82. The Morgan fingerprint density at radius 2 is 2.07 bits per heavy atom. The van der Waals surface area contributed by atoms with Gasteiger partial charge in [0.25, 0.3) is 0 Å². The lowest BCUT2D eigenvalue weighted by molar-refractivity contribution is 0.0526. The quantitative estimate of drug-likeness (QED) is 0.561. The molecule has 1 aliphatic heterocycles. The summed E-state index contributed by atoms with van der Waals surface area (Å²) in [6, 6.07) is 7.39. The predicted octanol–water partition coefficient (Wildman–Crippen LogP) is 2.11. The number of carbonyl (C=O) groups excluding carboxylic acids is 1. The van der Waals surface area contributed by atoms with Gasteiger partial charge in [-0.15, -0.1) is 0 Å². The number of benzene rings is 1. The second-order valence-electron chi connectivity index (χ2n) is 3.82. The molecule has 0 aliphatic carbocycles. The maximum Gasteiger partial charge on any atom is 0.338 e. The Morgan fingerprint density at radius 1 is 1.47 bits per heavy atom. The molecule has 0 saturated carbocycles. The molecular weight excluding hydrogens is 192 g/mol. The first-order valence-corrected chi connectivity index (χ1v) is 5.07. The largest absolute Gasteiger partial charge is 0.462 e. The van der Waals surface area contributed by atoms with Gasteiger partial charge >= 0.3 is 5.97 Å². The molecule has 3 nitrogen and oxygen atoms in total. The van der Waals surface area contributed by atoms with Crippen LogP contribution in [0.2, 0.25) is 0 Å². The van der Waals surface area contributed by atoms with Gasteiger partial charge in [0.2, 0.25) is 0 Å². The minimum absolute atomic E-state index is 0.132. The first kappa shape index (κ1) is 10.2. The molecule has 1 saturated heterocycles. The molecule has 0 spiro atoms. The van der Waals surface area contributed by atoms with E-state index in [-0.39, 0.29) is 11.6 Å². The summed E-state index contributed by atoms with van der Waals surface area (Å²) in [5, 5.41) is 0. The van der Waals surface area contributed by atoms with E-state index < -0.39 is 0 Å². The van der Waals surface area contributed by atoms with E-state index in [0.717, 1.165) is 12.2 Å². The van der Waals surface area contributed by atoms with Crippen LogP contribution in [0.1, 0.15) is 29.8 Å². The molecule has 15 heavy (non-hydrogen) atoms. The van der Waals surface area contributed by atoms with Crippen molar-refractivity contribution in [1.29, 1.82) is 0 Å². The van der Waals surface area contributed by atoms with Crippen LogP contribution in [0.3, 0.4) is 0 Å². The Kier molecular flexibility index (Phi) is 2.49. The lowest BCUT2D eigenvalue weighted by Gasteiger charge is -2.06. The van der Waals surface area contributed by atoms with Gasteiger partial charge < -0.3 is 9.47 Å². The van der Waals surface area contributed by atoms with Gasteiger partial charge in [-0.05, 0) is 31.5 Å². The van der Waals surface area contributed by atoms with Crippen LogP contribution in [0.5, 0.6) is 0 Å². The van der Waals surface area contributed by atoms with E-state index in [2.05, 4.69) is 0 Å². The molecule has 1 aromatic rings. The van der Waals surface area contributed by atoms with Crippen molar-refractivity contribution in [2.75, 3.05) is 13.2 Å². The van der Waals surface area contributed by atoms with Crippen molar-refractivity contribution in [1.82, 2.24) is 0 Å². The Labute approximate surface area is 89.0 Å². The van der Waals surface area contributed by atoms with E-state index in [0.29, 0.717) is 12.2 Å². The molecule has 1 atom stereocenters. The van der Waals surface area contributed by atoms with Gasteiger partial charge in [0.1, 0.15) is 5.60 Å². The highest BCUT2D eigenvalue weighted by Crippen LogP contribution is 2.37. The van der Waals surface area contributed by atoms with Crippen molar-refractivity contribution in [2.24, 2.45) is 0 Å². The zero-order chi connectivity index (χ0) is 10.9. The number of esters is 1. The van der Waals surface area contributed by atoms with Crippen molar-refractivity contribution in [2.45, 2.75) is 19.4 Å². The Morgan fingerprint density at radius 3 is 2.53 bits per heavy atom. The molecule has 2 rings (SSSR count). The lowest BCUT2D eigenvalue weighted by Crippen LogP contribution is -2.06. The molecular formula is C12H14O3. The fourth-order valence-electron chi connectivity index (χ4n) is 1.45. The fourth-order valence-corrected chi connectivity index (χ4v) is 1.45. The first-order valence-electron chi connectivity index (χ1n) is 5.07. The fraction of sp³-hybridized carbons (Fsp3) is 0.417. The molecule has 0 unspecified atom stereocenters. The van der Waals surface area contributed by atoms with Gasteiger partial charge in [0.05, 0.1) is 18.8 Å². The minimum atomic E-state index is -0.272. The smallest absolute Gasteiger partial charge is 0.338 e. The van der Waals surface area contributed by atoms with Gasteiger partial charge in [-0.2, -0.15) is 0 Å². The number of hydrogen-bond acceptors (Lipinski definition) is 3. The monoisotopic (exact) mass is 206 g/mol. The zero-order valence-corrected chi connectivity index (χ0v) is 8.95. The molecule has 3 heteroatoms. The highest BCUT2D eigenvalue weighted by molar-refractivity contribution is 5.89. The summed E-state index contributed by atoms with van der Waals surface area (Å²) in [6.07, 6.45) is 0. The average Bonchev–Trinajstić information content (AvgIpc) is 2.99. The highest BCUT2D eigenvalue weighted by Gasteiger charge is 2.40. The van der Waals surface area contributed by atoms with Crippen LogP contribution >= 0.6 is 0 Å². The maximum atomic E-state index is 11.4. The lowest BCUT2D eigenvalue weighted by atomic mass is 10.0. The standard InChI is InChI=1S/C12H14O3/c1-3-14-11(13)9-4-6-10(7-5-9)12(2)8-15-12/h4-7H,3,8H2,1-2H3/t12-/m0/s1. The van der Waals surface area contributed by atoms with Crippen molar-refractivity contribution in [3.05, 3.63) is 35.4 Å².